The lowest BCUT2D eigenvalue weighted by Gasteiger charge is -2.50. The maximum atomic E-state index is 15.3. The molecule has 4 aromatic carbocycles. The number of ether oxygens (including phenoxy) is 1. The van der Waals surface area contributed by atoms with Gasteiger partial charge in [0.25, 0.3) is 11.8 Å². The largest absolute Gasteiger partial charge is 0.504 e. The van der Waals surface area contributed by atoms with Gasteiger partial charge in [0.15, 0.2) is 44.5 Å². The van der Waals surface area contributed by atoms with Crippen molar-refractivity contribution in [3.63, 3.8) is 0 Å². The predicted octanol–water partition coefficient (Wildman–Crippen LogP) is 8.21. The molecule has 2 aliphatic carbocycles. The van der Waals surface area contributed by atoms with Crippen molar-refractivity contribution in [2.45, 2.75) is 28.5 Å². The number of aromatic hydroxyl groups is 1. The first-order chi connectivity index (χ1) is 26.6. The molecule has 4 aliphatic rings. The van der Waals surface area contributed by atoms with Gasteiger partial charge in [0.2, 0.25) is 17.6 Å². The predicted molar refractivity (Wildman–Crippen MR) is 202 cm³/mol. The number of hydrogen-bond donors (Lipinski definition) is 2. The van der Waals surface area contributed by atoms with Crippen LogP contribution in [-0.2, 0) is 19.2 Å². The zero-order chi connectivity index (χ0) is 40.2. The summed E-state index contributed by atoms with van der Waals surface area (Å²) in [5, 5.41) is 13.9. The third kappa shape index (κ3) is 5.22. The Morgan fingerprint density at radius 3 is 2.04 bits per heavy atom. The van der Waals surface area contributed by atoms with Crippen LogP contribution in [0.15, 0.2) is 78.4 Å². The number of amides is 4. The van der Waals surface area contributed by atoms with Gasteiger partial charge >= 0.3 is 0 Å². The molecule has 2 heterocycles. The lowest BCUT2D eigenvalue weighted by atomic mass is 9.56. The van der Waals surface area contributed by atoms with E-state index in [0.717, 1.165) is 10.6 Å². The minimum atomic E-state index is -2.72. The Kier molecular flexibility index (Phi) is 9.16. The number of rotatable bonds is 6. The molecule has 288 valence electrons. The SMILES string of the molecule is COc1cc(C2C3=CCC4C(=O)N(c5ccc(Nc6ccccc6)cc5)C(=O)C4C3CC3(Cl)C(=O)N(c4c(F)c(F)c(F)c(F)c4F)C(=O)C23Cl)cc(I)c1O. The van der Waals surface area contributed by atoms with Crippen molar-refractivity contribution in [3.8, 4) is 11.5 Å². The zero-order valence-corrected chi connectivity index (χ0v) is 32.2. The number of allylic oxidation sites excluding steroid dienone is 2. The van der Waals surface area contributed by atoms with Crippen molar-refractivity contribution in [1.82, 2.24) is 0 Å². The molecule has 0 aromatic heterocycles. The summed E-state index contributed by atoms with van der Waals surface area (Å²) in [6, 6.07) is 18.5. The van der Waals surface area contributed by atoms with E-state index in [2.05, 4.69) is 5.32 Å². The molecule has 6 atom stereocenters. The summed E-state index contributed by atoms with van der Waals surface area (Å²) in [5.41, 5.74) is 0.188. The van der Waals surface area contributed by atoms with Gasteiger partial charge in [0.1, 0.15) is 5.69 Å². The number of methoxy groups -OCH3 is 1. The van der Waals surface area contributed by atoms with Crippen LogP contribution in [0.2, 0.25) is 0 Å². The molecule has 8 rings (SSSR count). The van der Waals surface area contributed by atoms with Gasteiger partial charge in [0, 0.05) is 17.3 Å². The minimum absolute atomic E-state index is 0.0419. The molecular weight excluding hydrogens is 899 g/mol. The first kappa shape index (κ1) is 38.1. The van der Waals surface area contributed by atoms with Gasteiger partial charge in [0.05, 0.1) is 28.2 Å². The molecule has 0 radical (unpaired) electrons. The molecule has 2 aliphatic heterocycles. The number of hydrogen-bond acceptors (Lipinski definition) is 7. The highest BCUT2D eigenvalue weighted by atomic mass is 127. The molecule has 0 bridgehead atoms. The van der Waals surface area contributed by atoms with E-state index < -0.39 is 98.2 Å². The van der Waals surface area contributed by atoms with Crippen molar-refractivity contribution in [2.24, 2.45) is 17.8 Å². The van der Waals surface area contributed by atoms with Crippen molar-refractivity contribution >= 4 is 92.2 Å². The number of nitrogens with one attached hydrogen (secondary N) is 1. The van der Waals surface area contributed by atoms with Gasteiger partial charge in [-0.25, -0.2) is 26.9 Å². The first-order valence-electron chi connectivity index (χ1n) is 16.9. The topological polar surface area (TPSA) is 116 Å². The van der Waals surface area contributed by atoms with Crippen molar-refractivity contribution in [1.29, 1.82) is 0 Å². The second-order valence-electron chi connectivity index (χ2n) is 13.8. The highest BCUT2D eigenvalue weighted by Crippen LogP contribution is 2.66. The number of para-hydroxylation sites is 1. The fraction of sp³-hybridized carbons (Fsp3) is 0.231. The fourth-order valence-corrected chi connectivity index (χ4v) is 10.1. The second kappa shape index (κ2) is 13.4. The van der Waals surface area contributed by atoms with Gasteiger partial charge in [-0.3, -0.25) is 24.1 Å². The first-order valence-corrected chi connectivity index (χ1v) is 18.7. The van der Waals surface area contributed by atoms with E-state index in [1.54, 1.807) is 52.9 Å². The maximum absolute atomic E-state index is 15.3. The van der Waals surface area contributed by atoms with Crippen LogP contribution in [0.5, 0.6) is 11.5 Å². The molecule has 56 heavy (non-hydrogen) atoms. The average Bonchev–Trinajstić information content (AvgIpc) is 3.52. The Hall–Kier alpha value is -4.74. The Morgan fingerprint density at radius 1 is 0.804 bits per heavy atom. The second-order valence-corrected chi connectivity index (χ2v) is 16.2. The molecule has 17 heteroatoms. The lowest BCUT2D eigenvalue weighted by molar-refractivity contribution is -0.125. The quantitative estimate of drug-likeness (QED) is 0.0381. The maximum Gasteiger partial charge on any atom is 0.258 e. The molecule has 2 saturated heterocycles. The number of nitrogens with zero attached hydrogens (tertiary/aromatic N) is 2. The van der Waals surface area contributed by atoms with Gasteiger partial charge < -0.3 is 15.2 Å². The highest BCUT2D eigenvalue weighted by Gasteiger charge is 2.77. The van der Waals surface area contributed by atoms with Gasteiger partial charge in [-0.1, -0.05) is 29.8 Å². The summed E-state index contributed by atoms with van der Waals surface area (Å²) < 4.78 is 79.4. The van der Waals surface area contributed by atoms with Crippen LogP contribution in [0.3, 0.4) is 0 Å². The van der Waals surface area contributed by atoms with Gasteiger partial charge in [-0.2, -0.15) is 0 Å². The standard InChI is InChI=1S/C39H25Cl2F5IN3O6/c1-56-24-14-16(13-23(47)33(24)51)26-20-11-12-21-25(35(53)49(34(21)52)19-9-7-18(8-10-19)48-17-5-3-2-4-6-17)22(20)15-38(40)36(54)50(37(55)39(26,38)41)32-30(45)28(43)27(42)29(44)31(32)46/h2-11,13-14,21-22,25-26,48,51H,12,15H2,1H3. The normalized spacial score (nSPS) is 26.9. The van der Waals surface area contributed by atoms with Crippen molar-refractivity contribution in [2.75, 3.05) is 22.2 Å². The Labute approximate surface area is 338 Å². The van der Waals surface area contributed by atoms with Crippen LogP contribution in [-0.4, -0.2) is 45.6 Å². The number of benzene rings is 4. The molecule has 4 amide bonds. The average molecular weight is 924 g/mol. The van der Waals surface area contributed by atoms with Crippen LogP contribution in [0.1, 0.15) is 24.3 Å². The molecule has 4 aromatic rings. The Morgan fingerprint density at radius 2 is 1.41 bits per heavy atom. The number of imide groups is 2. The third-order valence-corrected chi connectivity index (χ3v) is 13.2. The zero-order valence-electron chi connectivity index (χ0n) is 28.6. The number of alkyl halides is 2. The summed E-state index contributed by atoms with van der Waals surface area (Å²) in [6.07, 6.45) is 0.889. The third-order valence-electron chi connectivity index (χ3n) is 11.0. The summed E-state index contributed by atoms with van der Waals surface area (Å²) >= 11 is 16.2. The van der Waals surface area contributed by atoms with Crippen LogP contribution in [0.25, 0.3) is 0 Å². The number of carbonyl (C=O) groups excluding carboxylic acids is 4. The number of halogens is 8. The molecule has 2 N–H and O–H groups in total. The number of anilines is 4. The fourth-order valence-electron chi connectivity index (χ4n) is 8.49. The van der Waals surface area contributed by atoms with E-state index in [-0.39, 0.29) is 43.2 Å². The summed E-state index contributed by atoms with van der Waals surface area (Å²) in [6.45, 7) is 0. The molecule has 1 saturated carbocycles. The van der Waals surface area contributed by atoms with Crippen LogP contribution >= 0.6 is 45.8 Å². The number of phenols is 1. The molecule has 9 nitrogen and oxygen atoms in total. The van der Waals surface area contributed by atoms with Crippen LogP contribution < -0.4 is 19.9 Å². The van der Waals surface area contributed by atoms with Crippen molar-refractivity contribution in [3.05, 3.63) is 117 Å². The van der Waals surface area contributed by atoms with E-state index in [9.17, 15) is 37.5 Å². The Bertz CT molecular complexity index is 2410. The molecule has 0 spiro atoms. The van der Waals surface area contributed by atoms with E-state index in [4.69, 9.17) is 27.9 Å². The van der Waals surface area contributed by atoms with E-state index >= 15 is 8.78 Å². The summed E-state index contributed by atoms with van der Waals surface area (Å²) in [7, 11) is 1.24. The molecule has 3 fully saturated rings. The minimum Gasteiger partial charge on any atom is -0.504 e. The highest BCUT2D eigenvalue weighted by molar-refractivity contribution is 14.1. The summed E-state index contributed by atoms with van der Waals surface area (Å²) in [5.74, 6) is -22.0. The number of phenolic OH excluding ortho intramolecular Hbond substituents is 1. The monoisotopic (exact) mass is 923 g/mol. The Balaban J connectivity index is 1.25. The van der Waals surface area contributed by atoms with Gasteiger partial charge in [-0.05, 0) is 95.4 Å². The van der Waals surface area contributed by atoms with Crippen LogP contribution in [0, 0.1) is 50.4 Å². The summed E-state index contributed by atoms with van der Waals surface area (Å²) in [4.78, 5) is 52.9. The lowest BCUT2D eigenvalue weighted by Crippen LogP contribution is -2.60. The van der Waals surface area contributed by atoms with Crippen molar-refractivity contribution < 1.29 is 51.0 Å². The number of carbonyl (C=O) groups is 4. The molecular formula is C39H25Cl2F5IN3O6. The smallest absolute Gasteiger partial charge is 0.258 e. The van der Waals surface area contributed by atoms with E-state index in [1.165, 1.54) is 19.2 Å². The molecule has 6 unspecified atom stereocenters. The van der Waals surface area contributed by atoms with Crippen LogP contribution in [0.4, 0.5) is 44.7 Å². The van der Waals surface area contributed by atoms with E-state index in [1.807, 2.05) is 30.3 Å². The van der Waals surface area contributed by atoms with Gasteiger partial charge in [-0.15, -0.1) is 23.2 Å². The van der Waals surface area contributed by atoms with E-state index in [0.29, 0.717) is 5.69 Å². The number of fused-ring (bicyclic) bond motifs is 4.